The van der Waals surface area contributed by atoms with Crippen LogP contribution in [0.25, 0.3) is 22.5 Å². The molecule has 8 heteroatoms. The number of anilines is 3. The van der Waals surface area contributed by atoms with E-state index < -0.39 is 0 Å². The maximum Gasteiger partial charge on any atom is 0.228 e. The van der Waals surface area contributed by atoms with Crippen LogP contribution < -0.4 is 10.6 Å². The molecule has 1 aromatic carbocycles. The molecule has 32 heavy (non-hydrogen) atoms. The minimum absolute atomic E-state index is 0.0253. The number of pyridine rings is 1. The Morgan fingerprint density at radius 1 is 1.12 bits per heavy atom. The molecule has 0 aliphatic heterocycles. The first-order valence-corrected chi connectivity index (χ1v) is 11.8. The Kier molecular flexibility index (Phi) is 5.17. The highest BCUT2D eigenvalue weighted by Crippen LogP contribution is 2.37. The van der Waals surface area contributed by atoms with Gasteiger partial charge in [0.15, 0.2) is 5.65 Å². The summed E-state index contributed by atoms with van der Waals surface area (Å²) in [4.78, 5) is 25.7. The molecule has 1 aliphatic carbocycles. The van der Waals surface area contributed by atoms with E-state index in [0.717, 1.165) is 63.1 Å². The molecule has 3 heterocycles. The predicted molar refractivity (Wildman–Crippen MR) is 129 cm³/mol. The Hall–Kier alpha value is -3.26. The average Bonchev–Trinajstić information content (AvgIpc) is 3.46. The molecule has 3 N–H and O–H groups in total. The number of rotatable bonds is 6. The van der Waals surface area contributed by atoms with Gasteiger partial charge < -0.3 is 20.0 Å². The zero-order valence-corrected chi connectivity index (χ0v) is 19.3. The summed E-state index contributed by atoms with van der Waals surface area (Å²) < 4.78 is 5.90. The number of furan rings is 1. The lowest BCUT2D eigenvalue weighted by atomic mass is 10.1. The van der Waals surface area contributed by atoms with E-state index in [4.69, 9.17) is 4.42 Å². The maximum atomic E-state index is 12.3. The number of hydrogen-bond donors (Lipinski definition) is 3. The third kappa shape index (κ3) is 3.98. The van der Waals surface area contributed by atoms with Gasteiger partial charge in [0.1, 0.15) is 28.7 Å². The second-order valence-corrected chi connectivity index (χ2v) is 9.10. The van der Waals surface area contributed by atoms with Crippen LogP contribution in [0.4, 0.5) is 17.2 Å². The summed E-state index contributed by atoms with van der Waals surface area (Å²) in [6, 6.07) is 10.1. The molecule has 3 aromatic heterocycles. The molecule has 1 aliphatic rings. The smallest absolute Gasteiger partial charge is 0.228 e. The van der Waals surface area contributed by atoms with E-state index in [0.29, 0.717) is 11.5 Å². The fraction of sp³-hybridized carbons (Fsp3) is 0.292. The topological polar surface area (TPSA) is 95.8 Å². The van der Waals surface area contributed by atoms with Gasteiger partial charge in [-0.2, -0.15) is 0 Å². The Labute approximate surface area is 190 Å². The Morgan fingerprint density at radius 3 is 2.62 bits per heavy atom. The first-order chi connectivity index (χ1) is 15.4. The van der Waals surface area contributed by atoms with Crippen molar-refractivity contribution in [2.75, 3.05) is 16.9 Å². The summed E-state index contributed by atoms with van der Waals surface area (Å²) in [7, 11) is 0. The van der Waals surface area contributed by atoms with Gasteiger partial charge in [-0.1, -0.05) is 0 Å². The lowest BCUT2D eigenvalue weighted by molar-refractivity contribution is -0.117. The molecular weight excluding hydrogens is 422 g/mol. The van der Waals surface area contributed by atoms with Crippen molar-refractivity contribution in [3.63, 3.8) is 0 Å². The molecular formula is C24H25N5O2S. The number of aryl methyl sites for hydroxylation is 3. The quantitative estimate of drug-likeness (QED) is 0.316. The van der Waals surface area contributed by atoms with E-state index in [2.05, 4.69) is 44.6 Å². The van der Waals surface area contributed by atoms with Gasteiger partial charge in [-0.3, -0.25) is 4.79 Å². The van der Waals surface area contributed by atoms with Crippen LogP contribution in [0.1, 0.15) is 30.0 Å². The number of benzene rings is 1. The van der Waals surface area contributed by atoms with E-state index in [-0.39, 0.29) is 11.8 Å². The lowest BCUT2D eigenvalue weighted by Gasteiger charge is -2.14. The molecule has 1 fully saturated rings. The number of amides is 1. The average molecular weight is 448 g/mol. The summed E-state index contributed by atoms with van der Waals surface area (Å²) in [5, 5.41) is 6.46. The van der Waals surface area contributed by atoms with Gasteiger partial charge in [-0.05, 0) is 69.7 Å². The first kappa shape index (κ1) is 20.6. The fourth-order valence-electron chi connectivity index (χ4n) is 3.85. The molecule has 0 saturated heterocycles. The molecule has 1 saturated carbocycles. The number of fused-ring (bicyclic) bond motifs is 1. The predicted octanol–water partition coefficient (Wildman–Crippen LogP) is 5.96. The summed E-state index contributed by atoms with van der Waals surface area (Å²) in [6.45, 7) is 5.91. The van der Waals surface area contributed by atoms with Crippen LogP contribution >= 0.6 is 11.8 Å². The number of aromatic nitrogens is 3. The molecule has 7 nitrogen and oxygen atoms in total. The van der Waals surface area contributed by atoms with Gasteiger partial charge in [0.05, 0.1) is 11.4 Å². The highest BCUT2D eigenvalue weighted by molar-refractivity contribution is 7.98. The van der Waals surface area contributed by atoms with Crippen LogP contribution in [-0.4, -0.2) is 27.1 Å². The third-order valence-electron chi connectivity index (χ3n) is 5.54. The third-order valence-corrected chi connectivity index (χ3v) is 6.32. The number of nitrogens with one attached hydrogen (secondary N) is 3. The molecule has 0 bridgehead atoms. The standard InChI is InChI=1S/C24H25N5O2S/c1-12-9-13(2)31-22(12)16-7-8-17(19(10-16)32-4)27-18-11-20(29-24(30)15-5-6-15)28-23-21(18)25-14(3)26-23/h7-11,15H,5-6H2,1-4H3,(H3,25,26,27,28,29,30). The SMILES string of the molecule is CSc1cc(-c2oc(C)cc2C)ccc1Nc1cc(NC(=O)C2CC2)nc2[nH]c(C)nc12. The van der Waals surface area contributed by atoms with Gasteiger partial charge in [0, 0.05) is 22.4 Å². The van der Waals surface area contributed by atoms with Gasteiger partial charge in [-0.15, -0.1) is 11.8 Å². The van der Waals surface area contributed by atoms with Crippen molar-refractivity contribution < 1.29 is 9.21 Å². The van der Waals surface area contributed by atoms with Crippen LogP contribution in [0, 0.1) is 26.7 Å². The Balaban J connectivity index is 1.51. The van der Waals surface area contributed by atoms with Crippen molar-refractivity contribution in [2.24, 2.45) is 5.92 Å². The second-order valence-electron chi connectivity index (χ2n) is 8.25. The molecule has 4 aromatic rings. The molecule has 0 unspecified atom stereocenters. The van der Waals surface area contributed by atoms with Crippen LogP contribution in [-0.2, 0) is 4.79 Å². The Bertz CT molecular complexity index is 1340. The highest BCUT2D eigenvalue weighted by atomic mass is 32.2. The van der Waals surface area contributed by atoms with Crippen molar-refractivity contribution in [2.45, 2.75) is 38.5 Å². The summed E-state index contributed by atoms with van der Waals surface area (Å²) in [5.41, 5.74) is 5.28. The summed E-state index contributed by atoms with van der Waals surface area (Å²) in [6.07, 6.45) is 3.94. The lowest BCUT2D eigenvalue weighted by Crippen LogP contribution is -2.14. The summed E-state index contributed by atoms with van der Waals surface area (Å²) in [5.74, 6) is 3.21. The highest BCUT2D eigenvalue weighted by Gasteiger charge is 2.30. The molecule has 0 atom stereocenters. The van der Waals surface area contributed by atoms with Gasteiger partial charge in [0.25, 0.3) is 0 Å². The maximum absolute atomic E-state index is 12.3. The molecule has 0 spiro atoms. The number of aromatic amines is 1. The van der Waals surface area contributed by atoms with E-state index in [9.17, 15) is 4.79 Å². The van der Waals surface area contributed by atoms with Crippen LogP contribution in [0.2, 0.25) is 0 Å². The van der Waals surface area contributed by atoms with Crippen molar-refractivity contribution >= 4 is 46.0 Å². The largest absolute Gasteiger partial charge is 0.461 e. The zero-order chi connectivity index (χ0) is 22.4. The summed E-state index contributed by atoms with van der Waals surface area (Å²) >= 11 is 1.66. The van der Waals surface area contributed by atoms with E-state index in [1.165, 1.54) is 0 Å². The number of imidazole rings is 1. The minimum atomic E-state index is 0.0253. The minimum Gasteiger partial charge on any atom is -0.461 e. The van der Waals surface area contributed by atoms with Crippen molar-refractivity contribution in [1.82, 2.24) is 15.0 Å². The molecule has 5 rings (SSSR count). The van der Waals surface area contributed by atoms with Gasteiger partial charge in [0.2, 0.25) is 5.91 Å². The number of carbonyl (C=O) groups excluding carboxylic acids is 1. The van der Waals surface area contributed by atoms with E-state index in [1.807, 2.05) is 38.3 Å². The molecule has 1 amide bonds. The van der Waals surface area contributed by atoms with Crippen LogP contribution in [0.15, 0.2) is 39.6 Å². The van der Waals surface area contributed by atoms with Crippen molar-refractivity contribution in [3.05, 3.63) is 47.5 Å². The van der Waals surface area contributed by atoms with Crippen molar-refractivity contribution in [3.8, 4) is 11.3 Å². The molecule has 164 valence electrons. The monoisotopic (exact) mass is 447 g/mol. The number of nitrogens with zero attached hydrogens (tertiary/aromatic N) is 2. The van der Waals surface area contributed by atoms with Crippen molar-refractivity contribution in [1.29, 1.82) is 0 Å². The molecule has 0 radical (unpaired) electrons. The number of thioether (sulfide) groups is 1. The van der Waals surface area contributed by atoms with Crippen LogP contribution in [0.5, 0.6) is 0 Å². The number of hydrogen-bond acceptors (Lipinski definition) is 6. The Morgan fingerprint density at radius 2 is 1.94 bits per heavy atom. The zero-order valence-electron chi connectivity index (χ0n) is 18.5. The van der Waals surface area contributed by atoms with E-state index >= 15 is 0 Å². The van der Waals surface area contributed by atoms with E-state index in [1.54, 1.807) is 11.8 Å². The number of carbonyl (C=O) groups is 1. The van der Waals surface area contributed by atoms with Crippen LogP contribution in [0.3, 0.4) is 0 Å². The second kappa shape index (κ2) is 8.02. The normalized spacial score (nSPS) is 13.5. The van der Waals surface area contributed by atoms with Gasteiger partial charge in [-0.25, -0.2) is 9.97 Å². The first-order valence-electron chi connectivity index (χ1n) is 10.6. The number of H-pyrrole nitrogens is 1. The fourth-order valence-corrected chi connectivity index (χ4v) is 4.43. The van der Waals surface area contributed by atoms with Gasteiger partial charge >= 0.3 is 0 Å².